The van der Waals surface area contributed by atoms with Crippen molar-refractivity contribution in [3.63, 3.8) is 0 Å². The standard InChI is InChI=1S/C22H26N6/c1-14-11-20(26-25-14)24-21-19-10-7-17(23)12-15(19)13-28(27-21)18-8-5-16(6-9-18)22(2,3)4/h5-12H,13,23H2,1-4H3,(H2,24,25,26,27). The third-order valence-corrected chi connectivity index (χ3v) is 4.92. The Morgan fingerprint density at radius 2 is 1.82 bits per heavy atom. The molecule has 0 atom stereocenters. The second kappa shape index (κ2) is 6.71. The minimum atomic E-state index is 0.124. The molecule has 0 amide bonds. The fraction of sp³-hybridized carbons (Fsp3) is 0.273. The Morgan fingerprint density at radius 3 is 2.46 bits per heavy atom. The van der Waals surface area contributed by atoms with Crippen LogP contribution in [-0.2, 0) is 12.0 Å². The van der Waals surface area contributed by atoms with Crippen LogP contribution in [0.25, 0.3) is 0 Å². The summed E-state index contributed by atoms with van der Waals surface area (Å²) in [7, 11) is 0. The molecule has 1 aliphatic heterocycles. The number of H-pyrrole nitrogens is 1. The first kappa shape index (κ1) is 18.1. The molecular weight excluding hydrogens is 348 g/mol. The van der Waals surface area contributed by atoms with Crippen molar-refractivity contribution >= 4 is 23.0 Å². The van der Waals surface area contributed by atoms with E-state index >= 15 is 0 Å². The van der Waals surface area contributed by atoms with E-state index in [4.69, 9.17) is 10.7 Å². The van der Waals surface area contributed by atoms with Gasteiger partial charge in [0.15, 0.2) is 11.7 Å². The Hall–Kier alpha value is -3.28. The van der Waals surface area contributed by atoms with Gasteiger partial charge in [-0.2, -0.15) is 5.10 Å². The number of hydrogen-bond acceptors (Lipinski definition) is 4. The van der Waals surface area contributed by atoms with E-state index in [0.29, 0.717) is 12.4 Å². The predicted octanol–water partition coefficient (Wildman–Crippen LogP) is 4.20. The number of aryl methyl sites for hydroxylation is 1. The SMILES string of the molecule is Cc1cc(N=C2NN(c3ccc(C(C)(C)C)cc3)Cc3cc(N)ccc32)n[nH]1. The highest BCUT2D eigenvalue weighted by Gasteiger charge is 2.23. The number of nitrogens with one attached hydrogen (secondary N) is 2. The van der Waals surface area contributed by atoms with Crippen molar-refractivity contribution in [2.24, 2.45) is 4.99 Å². The van der Waals surface area contributed by atoms with Gasteiger partial charge in [-0.3, -0.25) is 15.5 Å². The minimum absolute atomic E-state index is 0.124. The van der Waals surface area contributed by atoms with Crippen LogP contribution >= 0.6 is 0 Å². The second-order valence-corrected chi connectivity index (χ2v) is 8.28. The van der Waals surface area contributed by atoms with Gasteiger partial charge in [-0.25, -0.2) is 4.99 Å². The number of nitrogen functional groups attached to an aromatic ring is 1. The second-order valence-electron chi connectivity index (χ2n) is 8.28. The van der Waals surface area contributed by atoms with Crippen LogP contribution in [0.3, 0.4) is 0 Å². The van der Waals surface area contributed by atoms with E-state index in [9.17, 15) is 0 Å². The average Bonchev–Trinajstić information content (AvgIpc) is 3.05. The smallest absolute Gasteiger partial charge is 0.176 e. The van der Waals surface area contributed by atoms with Crippen molar-refractivity contribution in [1.29, 1.82) is 0 Å². The highest BCUT2D eigenvalue weighted by molar-refractivity contribution is 6.03. The first-order valence-corrected chi connectivity index (χ1v) is 9.44. The molecule has 6 heteroatoms. The van der Waals surface area contributed by atoms with E-state index in [0.717, 1.165) is 34.0 Å². The Labute approximate surface area is 165 Å². The molecule has 144 valence electrons. The maximum absolute atomic E-state index is 6.04. The van der Waals surface area contributed by atoms with Crippen molar-refractivity contribution in [3.8, 4) is 0 Å². The third-order valence-electron chi connectivity index (χ3n) is 4.92. The molecule has 4 rings (SSSR count). The van der Waals surface area contributed by atoms with Gasteiger partial charge in [0.1, 0.15) is 0 Å². The molecule has 28 heavy (non-hydrogen) atoms. The van der Waals surface area contributed by atoms with Crippen molar-refractivity contribution in [2.45, 2.75) is 39.7 Å². The predicted molar refractivity (Wildman–Crippen MR) is 115 cm³/mol. The quantitative estimate of drug-likeness (QED) is 0.587. The van der Waals surface area contributed by atoms with Crippen LogP contribution in [0.4, 0.5) is 17.2 Å². The molecule has 0 bridgehead atoms. The summed E-state index contributed by atoms with van der Waals surface area (Å²) in [5.74, 6) is 1.40. The van der Waals surface area contributed by atoms with Gasteiger partial charge >= 0.3 is 0 Å². The molecule has 2 heterocycles. The monoisotopic (exact) mass is 374 g/mol. The van der Waals surface area contributed by atoms with E-state index in [-0.39, 0.29) is 5.41 Å². The number of nitrogens with zero attached hydrogens (tertiary/aromatic N) is 3. The summed E-state index contributed by atoms with van der Waals surface area (Å²) in [6.07, 6.45) is 0. The van der Waals surface area contributed by atoms with Crippen LogP contribution in [0.1, 0.15) is 43.2 Å². The zero-order valence-electron chi connectivity index (χ0n) is 16.7. The average molecular weight is 374 g/mol. The molecule has 0 saturated carbocycles. The van der Waals surface area contributed by atoms with Gasteiger partial charge in [0.05, 0.1) is 12.2 Å². The number of benzene rings is 2. The number of aromatic amines is 1. The highest BCUT2D eigenvalue weighted by Crippen LogP contribution is 2.28. The lowest BCUT2D eigenvalue weighted by atomic mass is 9.87. The van der Waals surface area contributed by atoms with Crippen LogP contribution in [0.2, 0.25) is 0 Å². The number of amidine groups is 1. The Bertz CT molecular complexity index is 1020. The Kier molecular flexibility index (Phi) is 4.34. The summed E-state index contributed by atoms with van der Waals surface area (Å²) in [4.78, 5) is 4.72. The van der Waals surface area contributed by atoms with Crippen molar-refractivity contribution < 1.29 is 0 Å². The summed E-state index contributed by atoms with van der Waals surface area (Å²) >= 11 is 0. The lowest BCUT2D eigenvalue weighted by Crippen LogP contribution is -2.46. The molecule has 0 aliphatic carbocycles. The summed E-state index contributed by atoms with van der Waals surface area (Å²) in [5, 5.41) is 9.27. The van der Waals surface area contributed by atoms with Crippen LogP contribution in [0.15, 0.2) is 53.5 Å². The third kappa shape index (κ3) is 3.58. The van der Waals surface area contributed by atoms with Crippen LogP contribution < -0.4 is 16.2 Å². The van der Waals surface area contributed by atoms with Gasteiger partial charge in [-0.15, -0.1) is 0 Å². The molecule has 0 radical (unpaired) electrons. The maximum atomic E-state index is 6.04. The van der Waals surface area contributed by atoms with Gasteiger partial charge in [-0.1, -0.05) is 32.9 Å². The van der Waals surface area contributed by atoms with E-state index in [1.54, 1.807) is 0 Å². The van der Waals surface area contributed by atoms with E-state index in [1.807, 2.05) is 31.2 Å². The number of nitrogens with two attached hydrogens (primary N) is 1. The normalized spacial score (nSPS) is 15.4. The molecule has 3 aromatic rings. The zero-order chi connectivity index (χ0) is 19.9. The molecule has 6 nitrogen and oxygen atoms in total. The number of rotatable bonds is 2. The van der Waals surface area contributed by atoms with E-state index in [1.165, 1.54) is 5.56 Å². The molecule has 2 aromatic carbocycles. The lowest BCUT2D eigenvalue weighted by molar-refractivity contribution is 0.590. The fourth-order valence-electron chi connectivity index (χ4n) is 3.33. The summed E-state index contributed by atoms with van der Waals surface area (Å²) in [5.41, 5.74) is 15.9. The number of aromatic nitrogens is 2. The summed E-state index contributed by atoms with van der Waals surface area (Å²) < 4.78 is 0. The van der Waals surface area contributed by atoms with Crippen LogP contribution in [0.5, 0.6) is 0 Å². The van der Waals surface area contributed by atoms with Crippen LogP contribution in [0, 0.1) is 6.92 Å². The van der Waals surface area contributed by atoms with Gasteiger partial charge < -0.3 is 5.73 Å². The van der Waals surface area contributed by atoms with Crippen molar-refractivity contribution in [1.82, 2.24) is 15.6 Å². The van der Waals surface area contributed by atoms with Gasteiger partial charge in [0.25, 0.3) is 0 Å². The van der Waals surface area contributed by atoms with Gasteiger partial charge in [0.2, 0.25) is 0 Å². The fourth-order valence-corrected chi connectivity index (χ4v) is 3.33. The van der Waals surface area contributed by atoms with Gasteiger partial charge in [-0.05, 0) is 53.8 Å². The molecule has 0 spiro atoms. The van der Waals surface area contributed by atoms with Crippen molar-refractivity contribution in [2.75, 3.05) is 10.7 Å². The molecule has 1 aromatic heterocycles. The van der Waals surface area contributed by atoms with Gasteiger partial charge in [0, 0.05) is 23.0 Å². The zero-order valence-corrected chi connectivity index (χ0v) is 16.7. The maximum Gasteiger partial charge on any atom is 0.176 e. The number of hydrazine groups is 1. The molecular formula is C22H26N6. The van der Waals surface area contributed by atoms with Crippen LogP contribution in [-0.4, -0.2) is 16.0 Å². The molecule has 0 unspecified atom stereocenters. The number of hydrogen-bond donors (Lipinski definition) is 3. The number of anilines is 2. The molecule has 4 N–H and O–H groups in total. The van der Waals surface area contributed by atoms with E-state index in [2.05, 4.69) is 65.7 Å². The highest BCUT2D eigenvalue weighted by atomic mass is 15.5. The summed E-state index contributed by atoms with van der Waals surface area (Å²) in [6, 6.07) is 16.5. The molecule has 0 saturated heterocycles. The molecule has 1 aliphatic rings. The van der Waals surface area contributed by atoms with Crippen molar-refractivity contribution in [3.05, 3.63) is 70.9 Å². The number of fused-ring (bicyclic) bond motifs is 1. The minimum Gasteiger partial charge on any atom is -0.399 e. The Morgan fingerprint density at radius 1 is 1.07 bits per heavy atom. The first-order valence-electron chi connectivity index (χ1n) is 9.44. The topological polar surface area (TPSA) is 82.3 Å². The first-order chi connectivity index (χ1) is 13.3. The summed E-state index contributed by atoms with van der Waals surface area (Å²) in [6.45, 7) is 9.32. The largest absolute Gasteiger partial charge is 0.399 e. The lowest BCUT2D eigenvalue weighted by Gasteiger charge is -2.33. The number of aliphatic imine (C=N–C) groups is 1. The Balaban J connectivity index is 1.72. The van der Waals surface area contributed by atoms with E-state index < -0.39 is 0 Å². The molecule has 0 fully saturated rings.